The van der Waals surface area contributed by atoms with Crippen LogP contribution in [0.25, 0.3) is 0 Å². The molecule has 102 valence electrons. The highest BCUT2D eigenvalue weighted by molar-refractivity contribution is 5.93. The number of non-ortho nitro benzene ring substituents is 1. The van der Waals surface area contributed by atoms with Crippen molar-refractivity contribution in [3.63, 3.8) is 0 Å². The number of benzene rings is 1. The van der Waals surface area contributed by atoms with E-state index in [4.69, 9.17) is 0 Å². The van der Waals surface area contributed by atoms with Crippen molar-refractivity contribution in [2.45, 2.75) is 19.4 Å². The lowest BCUT2D eigenvalue weighted by atomic mass is 10.0. The van der Waals surface area contributed by atoms with Gasteiger partial charge in [0, 0.05) is 12.1 Å². The first-order chi connectivity index (χ1) is 8.99. The summed E-state index contributed by atoms with van der Waals surface area (Å²) in [5, 5.41) is 16.1. The molecule has 1 saturated heterocycles. The van der Waals surface area contributed by atoms with E-state index in [1.807, 2.05) is 6.92 Å². The molecule has 1 heterocycles. The first-order valence-corrected chi connectivity index (χ1v) is 5.97. The minimum absolute atomic E-state index is 0.0327. The molecule has 0 bridgehead atoms. The molecule has 1 fully saturated rings. The Kier molecular flexibility index (Phi) is 3.75. The quantitative estimate of drug-likeness (QED) is 0.644. The Morgan fingerprint density at radius 1 is 1.58 bits per heavy atom. The molecule has 0 spiro atoms. The van der Waals surface area contributed by atoms with Crippen LogP contribution in [0.2, 0.25) is 0 Å². The largest absolute Gasteiger partial charge is 0.323 e. The summed E-state index contributed by atoms with van der Waals surface area (Å²) in [6.07, 6.45) is 0.696. The molecule has 2 rings (SSSR count). The third-order valence-electron chi connectivity index (χ3n) is 3.28. The van der Waals surface area contributed by atoms with E-state index < -0.39 is 10.7 Å². The van der Waals surface area contributed by atoms with E-state index in [0.717, 1.165) is 18.7 Å². The highest BCUT2D eigenvalue weighted by Crippen LogP contribution is 2.23. The number of nitrogens with one attached hydrogen (secondary N) is 2. The smallest absolute Gasteiger partial charge is 0.272 e. The zero-order valence-corrected chi connectivity index (χ0v) is 10.4. The van der Waals surface area contributed by atoms with E-state index in [9.17, 15) is 19.3 Å². The number of nitro groups is 1. The van der Waals surface area contributed by atoms with Crippen LogP contribution >= 0.6 is 0 Å². The van der Waals surface area contributed by atoms with Crippen molar-refractivity contribution in [1.82, 2.24) is 5.32 Å². The lowest BCUT2D eigenvalue weighted by molar-refractivity contribution is -0.385. The number of rotatable bonds is 3. The van der Waals surface area contributed by atoms with Gasteiger partial charge in [0.15, 0.2) is 5.82 Å². The third kappa shape index (κ3) is 2.87. The van der Waals surface area contributed by atoms with Crippen molar-refractivity contribution < 1.29 is 14.1 Å². The van der Waals surface area contributed by atoms with Crippen LogP contribution in [-0.2, 0) is 4.79 Å². The molecule has 1 aromatic carbocycles. The Morgan fingerprint density at radius 2 is 2.32 bits per heavy atom. The molecule has 6 nitrogen and oxygen atoms in total. The number of hydrogen-bond donors (Lipinski definition) is 2. The van der Waals surface area contributed by atoms with Gasteiger partial charge in [0.2, 0.25) is 5.91 Å². The standard InChI is InChI=1S/C12H14FN3O3/c1-7-9(4-5-14-7)12(17)15-11-3-2-8(16(18)19)6-10(11)13/h2-3,6-7,9,14H,4-5H2,1H3,(H,15,17). The monoisotopic (exact) mass is 267 g/mol. The number of carbonyl (C=O) groups is 1. The van der Waals surface area contributed by atoms with Gasteiger partial charge in [-0.2, -0.15) is 0 Å². The molecular weight excluding hydrogens is 253 g/mol. The molecular formula is C12H14FN3O3. The number of nitrogens with zero attached hydrogens (tertiary/aromatic N) is 1. The number of halogens is 1. The Morgan fingerprint density at radius 3 is 2.84 bits per heavy atom. The Bertz CT molecular complexity index is 521. The Hall–Kier alpha value is -2.02. The van der Waals surface area contributed by atoms with Crippen LogP contribution in [0.5, 0.6) is 0 Å². The maximum absolute atomic E-state index is 13.6. The first-order valence-electron chi connectivity index (χ1n) is 5.97. The lowest BCUT2D eigenvalue weighted by Gasteiger charge is -2.15. The summed E-state index contributed by atoms with van der Waals surface area (Å²) in [5.74, 6) is -1.29. The number of anilines is 1. The van der Waals surface area contributed by atoms with Crippen LogP contribution < -0.4 is 10.6 Å². The van der Waals surface area contributed by atoms with Gasteiger partial charge in [0.25, 0.3) is 5.69 Å². The normalized spacial score (nSPS) is 22.2. The fourth-order valence-corrected chi connectivity index (χ4v) is 2.16. The van der Waals surface area contributed by atoms with Gasteiger partial charge >= 0.3 is 0 Å². The summed E-state index contributed by atoms with van der Waals surface area (Å²) in [6, 6.07) is 3.21. The second kappa shape index (κ2) is 5.31. The molecule has 7 heteroatoms. The molecule has 2 unspecified atom stereocenters. The summed E-state index contributed by atoms with van der Waals surface area (Å²) < 4.78 is 13.6. The number of hydrogen-bond acceptors (Lipinski definition) is 4. The summed E-state index contributed by atoms with van der Waals surface area (Å²) in [4.78, 5) is 21.7. The molecule has 1 aliphatic rings. The van der Waals surface area contributed by atoms with Crippen molar-refractivity contribution >= 4 is 17.3 Å². The molecule has 0 aliphatic carbocycles. The molecule has 0 aromatic heterocycles. The molecule has 19 heavy (non-hydrogen) atoms. The second-order valence-electron chi connectivity index (χ2n) is 4.55. The number of carbonyl (C=O) groups excluding carboxylic acids is 1. The van der Waals surface area contributed by atoms with Gasteiger partial charge in [0.1, 0.15) is 0 Å². The van der Waals surface area contributed by atoms with Crippen LogP contribution in [0.4, 0.5) is 15.8 Å². The molecule has 0 radical (unpaired) electrons. The van der Waals surface area contributed by atoms with Crippen molar-refractivity contribution in [1.29, 1.82) is 0 Å². The zero-order valence-electron chi connectivity index (χ0n) is 10.4. The fraction of sp³-hybridized carbons (Fsp3) is 0.417. The summed E-state index contributed by atoms with van der Waals surface area (Å²) in [7, 11) is 0. The predicted molar refractivity (Wildman–Crippen MR) is 67.3 cm³/mol. The molecule has 2 atom stereocenters. The van der Waals surface area contributed by atoms with Gasteiger partial charge in [-0.05, 0) is 26.0 Å². The summed E-state index contributed by atoms with van der Waals surface area (Å²) in [5.41, 5.74) is -0.374. The van der Waals surface area contributed by atoms with Crippen LogP contribution in [0, 0.1) is 21.8 Å². The van der Waals surface area contributed by atoms with E-state index >= 15 is 0 Å². The lowest BCUT2D eigenvalue weighted by Crippen LogP contribution is -2.32. The van der Waals surface area contributed by atoms with Gasteiger partial charge in [-0.1, -0.05) is 0 Å². The van der Waals surface area contributed by atoms with Crippen LogP contribution in [-0.4, -0.2) is 23.4 Å². The third-order valence-corrected chi connectivity index (χ3v) is 3.28. The highest BCUT2D eigenvalue weighted by atomic mass is 19.1. The highest BCUT2D eigenvalue weighted by Gasteiger charge is 2.29. The number of amides is 1. The van der Waals surface area contributed by atoms with Crippen molar-refractivity contribution in [3.8, 4) is 0 Å². The van der Waals surface area contributed by atoms with Crippen molar-refractivity contribution in [2.24, 2.45) is 5.92 Å². The zero-order chi connectivity index (χ0) is 14.0. The summed E-state index contributed by atoms with van der Waals surface area (Å²) in [6.45, 7) is 2.64. The van der Waals surface area contributed by atoms with E-state index in [-0.39, 0.29) is 29.2 Å². The minimum atomic E-state index is -0.804. The summed E-state index contributed by atoms with van der Waals surface area (Å²) >= 11 is 0. The Balaban J connectivity index is 2.11. The fourth-order valence-electron chi connectivity index (χ4n) is 2.16. The Labute approximate surface area is 109 Å². The molecule has 1 aromatic rings. The van der Waals surface area contributed by atoms with E-state index in [1.165, 1.54) is 6.07 Å². The maximum Gasteiger partial charge on any atom is 0.272 e. The van der Waals surface area contributed by atoms with Crippen LogP contribution in [0.3, 0.4) is 0 Å². The topological polar surface area (TPSA) is 84.3 Å². The van der Waals surface area contributed by atoms with Gasteiger partial charge in [0.05, 0.1) is 22.6 Å². The molecule has 1 amide bonds. The predicted octanol–water partition coefficient (Wildman–Crippen LogP) is 1.67. The molecule has 2 N–H and O–H groups in total. The van der Waals surface area contributed by atoms with E-state index in [0.29, 0.717) is 6.42 Å². The van der Waals surface area contributed by atoms with Crippen LogP contribution in [0.15, 0.2) is 18.2 Å². The van der Waals surface area contributed by atoms with Gasteiger partial charge < -0.3 is 10.6 Å². The van der Waals surface area contributed by atoms with Crippen LogP contribution in [0.1, 0.15) is 13.3 Å². The van der Waals surface area contributed by atoms with Gasteiger partial charge in [-0.25, -0.2) is 4.39 Å². The van der Waals surface area contributed by atoms with Gasteiger partial charge in [-0.15, -0.1) is 0 Å². The van der Waals surface area contributed by atoms with E-state index in [1.54, 1.807) is 0 Å². The molecule has 1 aliphatic heterocycles. The second-order valence-corrected chi connectivity index (χ2v) is 4.55. The van der Waals surface area contributed by atoms with E-state index in [2.05, 4.69) is 10.6 Å². The SMILES string of the molecule is CC1NCCC1C(=O)Nc1ccc([N+](=O)[O-])cc1F. The maximum atomic E-state index is 13.6. The van der Waals surface area contributed by atoms with Crippen molar-refractivity contribution in [3.05, 3.63) is 34.1 Å². The average molecular weight is 267 g/mol. The number of nitro benzene ring substituents is 1. The van der Waals surface area contributed by atoms with Crippen molar-refractivity contribution in [2.75, 3.05) is 11.9 Å². The average Bonchev–Trinajstić information content (AvgIpc) is 2.77. The minimum Gasteiger partial charge on any atom is -0.323 e. The first kappa shape index (κ1) is 13.4. The van der Waals surface area contributed by atoms with Gasteiger partial charge in [-0.3, -0.25) is 14.9 Å². The molecule has 0 saturated carbocycles.